The number of benzene rings is 1. The average Bonchev–Trinajstić information content (AvgIpc) is 2.62. The summed E-state index contributed by atoms with van der Waals surface area (Å²) < 4.78 is 11.9. The fourth-order valence-electron chi connectivity index (χ4n) is 2.11. The number of esters is 1. The number of hydrogen-bond donors (Lipinski definition) is 1. The van der Waals surface area contributed by atoms with Crippen LogP contribution in [0.3, 0.4) is 0 Å². The van der Waals surface area contributed by atoms with Gasteiger partial charge in [0.25, 0.3) is 0 Å². The van der Waals surface area contributed by atoms with Gasteiger partial charge in [0.1, 0.15) is 12.4 Å². The third-order valence-electron chi connectivity index (χ3n) is 3.20. The monoisotopic (exact) mass is 263 g/mol. The first kappa shape index (κ1) is 13.4. The Balaban J connectivity index is 2.44. The Hall–Kier alpha value is -2.01. The lowest BCUT2D eigenvalue weighted by molar-refractivity contribution is 0.0389. The lowest BCUT2D eigenvalue weighted by Crippen LogP contribution is -2.11. The summed E-state index contributed by atoms with van der Waals surface area (Å²) in [7, 11) is 3.43. The molecule has 0 saturated carbocycles. The number of phenolic OH excluding ortho intramolecular Hbond substituents is 1. The summed E-state index contributed by atoms with van der Waals surface area (Å²) in [6, 6.07) is 4.96. The highest BCUT2D eigenvalue weighted by Crippen LogP contribution is 2.28. The molecule has 0 saturated heterocycles. The maximum atomic E-state index is 12.1. The molecular weight excluding hydrogens is 246 g/mol. The van der Waals surface area contributed by atoms with E-state index in [1.807, 2.05) is 18.5 Å². The van der Waals surface area contributed by atoms with E-state index in [0.29, 0.717) is 17.6 Å². The van der Waals surface area contributed by atoms with Crippen LogP contribution in [0.1, 0.15) is 16.1 Å². The number of carbonyl (C=O) groups excluding carboxylic acids is 1. The molecule has 0 unspecified atom stereocenters. The normalized spacial score (nSPS) is 10.9. The number of aromatic nitrogens is 1. The van der Waals surface area contributed by atoms with Crippen molar-refractivity contribution in [1.82, 2.24) is 4.57 Å². The van der Waals surface area contributed by atoms with E-state index < -0.39 is 5.97 Å². The molecule has 0 aliphatic carbocycles. The molecule has 0 fully saturated rings. The number of methoxy groups -OCH3 is 1. The second kappa shape index (κ2) is 5.32. The number of hydrogen-bond acceptors (Lipinski definition) is 4. The van der Waals surface area contributed by atoms with E-state index in [9.17, 15) is 9.90 Å². The molecule has 5 heteroatoms. The van der Waals surface area contributed by atoms with E-state index in [-0.39, 0.29) is 12.4 Å². The van der Waals surface area contributed by atoms with Gasteiger partial charge in [-0.1, -0.05) is 0 Å². The Morgan fingerprint density at radius 3 is 2.79 bits per heavy atom. The van der Waals surface area contributed by atoms with Gasteiger partial charge in [0, 0.05) is 30.8 Å². The molecule has 0 aliphatic rings. The van der Waals surface area contributed by atoms with E-state index in [1.165, 1.54) is 0 Å². The maximum Gasteiger partial charge on any atom is 0.340 e. The van der Waals surface area contributed by atoms with Crippen LogP contribution in [0.25, 0.3) is 10.9 Å². The van der Waals surface area contributed by atoms with Crippen molar-refractivity contribution >= 4 is 16.9 Å². The number of aryl methyl sites for hydroxylation is 1. The van der Waals surface area contributed by atoms with Gasteiger partial charge < -0.3 is 19.1 Å². The largest absolute Gasteiger partial charge is 0.508 e. The van der Waals surface area contributed by atoms with Gasteiger partial charge in [-0.05, 0) is 25.1 Å². The fourth-order valence-corrected chi connectivity index (χ4v) is 2.11. The molecule has 5 nitrogen and oxygen atoms in total. The summed E-state index contributed by atoms with van der Waals surface area (Å²) in [6.45, 7) is 2.43. The number of nitrogens with zero attached hydrogens (tertiary/aromatic N) is 1. The Morgan fingerprint density at radius 1 is 1.37 bits per heavy atom. The van der Waals surface area contributed by atoms with Crippen molar-refractivity contribution < 1.29 is 19.4 Å². The standard InChI is InChI=1S/C14H17NO4/c1-9-13(14(17)19-7-6-18-3)11-8-10(16)4-5-12(11)15(9)2/h4-5,8,16H,6-7H2,1-3H3. The minimum atomic E-state index is -0.397. The molecule has 0 radical (unpaired) electrons. The third-order valence-corrected chi connectivity index (χ3v) is 3.20. The molecular formula is C14H17NO4. The lowest BCUT2D eigenvalue weighted by Gasteiger charge is -2.04. The van der Waals surface area contributed by atoms with Crippen molar-refractivity contribution in [3.05, 3.63) is 29.5 Å². The van der Waals surface area contributed by atoms with Crippen molar-refractivity contribution in [2.45, 2.75) is 6.92 Å². The lowest BCUT2D eigenvalue weighted by atomic mass is 10.1. The molecule has 19 heavy (non-hydrogen) atoms. The predicted octanol–water partition coefficient (Wildman–Crippen LogP) is 2.00. The zero-order valence-corrected chi connectivity index (χ0v) is 11.3. The molecule has 1 aromatic heterocycles. The number of aromatic hydroxyl groups is 1. The third kappa shape index (κ3) is 2.42. The Kier molecular flexibility index (Phi) is 3.76. The van der Waals surface area contributed by atoms with E-state index in [0.717, 1.165) is 11.2 Å². The Bertz CT molecular complexity index is 615. The van der Waals surface area contributed by atoms with E-state index in [1.54, 1.807) is 25.3 Å². The SMILES string of the molecule is COCCOC(=O)c1c(C)n(C)c2ccc(O)cc12. The van der Waals surface area contributed by atoms with Gasteiger partial charge in [0.15, 0.2) is 0 Å². The van der Waals surface area contributed by atoms with Gasteiger partial charge in [-0.15, -0.1) is 0 Å². The van der Waals surface area contributed by atoms with Crippen molar-refractivity contribution in [2.75, 3.05) is 20.3 Å². The summed E-state index contributed by atoms with van der Waals surface area (Å²) in [5.74, 6) is -0.269. The summed E-state index contributed by atoms with van der Waals surface area (Å²) in [4.78, 5) is 12.1. The molecule has 1 heterocycles. The molecule has 2 aromatic rings. The molecule has 2 rings (SSSR count). The second-order valence-electron chi connectivity index (χ2n) is 4.35. The van der Waals surface area contributed by atoms with Crippen LogP contribution in [0, 0.1) is 6.92 Å². The fraction of sp³-hybridized carbons (Fsp3) is 0.357. The number of ether oxygens (including phenoxy) is 2. The minimum absolute atomic E-state index is 0.129. The highest BCUT2D eigenvalue weighted by Gasteiger charge is 2.20. The van der Waals surface area contributed by atoms with Crippen LogP contribution in [0.2, 0.25) is 0 Å². The summed E-state index contributed by atoms with van der Waals surface area (Å²) in [6.07, 6.45) is 0. The number of fused-ring (bicyclic) bond motifs is 1. The minimum Gasteiger partial charge on any atom is -0.508 e. The van der Waals surface area contributed by atoms with Crippen molar-refractivity contribution in [1.29, 1.82) is 0 Å². The Morgan fingerprint density at radius 2 is 2.11 bits per heavy atom. The first-order chi connectivity index (χ1) is 9.06. The molecule has 1 aromatic carbocycles. The second-order valence-corrected chi connectivity index (χ2v) is 4.35. The molecule has 0 atom stereocenters. The van der Waals surface area contributed by atoms with Crippen LogP contribution in [0.4, 0.5) is 0 Å². The van der Waals surface area contributed by atoms with Crippen LogP contribution in [-0.2, 0) is 16.5 Å². The topological polar surface area (TPSA) is 60.7 Å². The van der Waals surface area contributed by atoms with Gasteiger partial charge in [-0.3, -0.25) is 0 Å². The molecule has 102 valence electrons. The number of phenols is 1. The van der Waals surface area contributed by atoms with E-state index in [4.69, 9.17) is 9.47 Å². The van der Waals surface area contributed by atoms with Gasteiger partial charge in [0.2, 0.25) is 0 Å². The molecule has 0 bridgehead atoms. The molecule has 0 spiro atoms. The predicted molar refractivity (Wildman–Crippen MR) is 71.5 cm³/mol. The average molecular weight is 263 g/mol. The highest BCUT2D eigenvalue weighted by molar-refractivity contribution is 6.06. The molecule has 1 N–H and O–H groups in total. The van der Waals surface area contributed by atoms with Gasteiger partial charge in [-0.2, -0.15) is 0 Å². The zero-order chi connectivity index (χ0) is 14.0. The van der Waals surface area contributed by atoms with Crippen molar-refractivity contribution in [3.63, 3.8) is 0 Å². The highest BCUT2D eigenvalue weighted by atomic mass is 16.6. The van der Waals surface area contributed by atoms with Crippen LogP contribution in [0.15, 0.2) is 18.2 Å². The van der Waals surface area contributed by atoms with E-state index in [2.05, 4.69) is 0 Å². The van der Waals surface area contributed by atoms with Gasteiger partial charge in [-0.25, -0.2) is 4.79 Å². The maximum absolute atomic E-state index is 12.1. The van der Waals surface area contributed by atoms with Gasteiger partial charge >= 0.3 is 5.97 Å². The quantitative estimate of drug-likeness (QED) is 0.677. The number of carbonyl (C=O) groups is 1. The number of rotatable bonds is 4. The summed E-state index contributed by atoms with van der Waals surface area (Å²) in [5.41, 5.74) is 2.18. The van der Waals surface area contributed by atoms with Gasteiger partial charge in [0.05, 0.1) is 12.2 Å². The van der Waals surface area contributed by atoms with Crippen molar-refractivity contribution in [2.24, 2.45) is 7.05 Å². The van der Waals surface area contributed by atoms with Crippen molar-refractivity contribution in [3.8, 4) is 5.75 Å². The first-order valence-electron chi connectivity index (χ1n) is 6.00. The zero-order valence-electron chi connectivity index (χ0n) is 11.3. The molecule has 0 aliphatic heterocycles. The van der Waals surface area contributed by atoms with Crippen LogP contribution in [-0.4, -0.2) is 36.0 Å². The van der Waals surface area contributed by atoms with Crippen LogP contribution in [0.5, 0.6) is 5.75 Å². The summed E-state index contributed by atoms with van der Waals surface area (Å²) in [5, 5.41) is 10.3. The summed E-state index contributed by atoms with van der Waals surface area (Å²) >= 11 is 0. The molecule has 0 amide bonds. The smallest absolute Gasteiger partial charge is 0.340 e. The van der Waals surface area contributed by atoms with E-state index >= 15 is 0 Å². The first-order valence-corrected chi connectivity index (χ1v) is 6.00. The Labute approximate surface area is 111 Å². The van der Waals surface area contributed by atoms with Crippen LogP contribution >= 0.6 is 0 Å². The van der Waals surface area contributed by atoms with Crippen LogP contribution < -0.4 is 0 Å².